The summed E-state index contributed by atoms with van der Waals surface area (Å²) >= 11 is 0. The Kier molecular flexibility index (Phi) is 9.59. The number of aliphatic hydroxyl groups excluding tert-OH is 2. The number of esters is 1. The molecule has 0 fully saturated rings. The molecule has 2 rings (SSSR count). The van der Waals surface area contributed by atoms with Gasteiger partial charge >= 0.3 is 5.97 Å². The molecule has 1 aromatic heterocycles. The highest BCUT2D eigenvalue weighted by Gasteiger charge is 2.42. The van der Waals surface area contributed by atoms with Gasteiger partial charge in [-0.25, -0.2) is 4.98 Å². The van der Waals surface area contributed by atoms with E-state index in [1.807, 2.05) is 45.1 Å². The predicted octanol–water partition coefficient (Wildman–Crippen LogP) is 4.57. The van der Waals surface area contributed by atoms with Gasteiger partial charge in [0, 0.05) is 25.2 Å². The van der Waals surface area contributed by atoms with Crippen LogP contribution < -0.4 is 0 Å². The minimum Gasteiger partial charge on any atom is -0.457 e. The number of ketones is 1. The lowest BCUT2D eigenvalue weighted by atomic mass is 9.73. The van der Waals surface area contributed by atoms with E-state index >= 15 is 0 Å². The van der Waals surface area contributed by atoms with Crippen LogP contribution in [0.5, 0.6) is 0 Å². The van der Waals surface area contributed by atoms with Crippen molar-refractivity contribution >= 4 is 17.8 Å². The Balaban J connectivity index is 2.37. The number of carbonyl (C=O) groups excluding carboxylic acids is 2. The molecule has 0 aromatic carbocycles. The van der Waals surface area contributed by atoms with Crippen molar-refractivity contribution < 1.29 is 29.0 Å². The second-order valence-electron chi connectivity index (χ2n) is 10.0. The van der Waals surface area contributed by atoms with Crippen LogP contribution in [0.4, 0.5) is 0 Å². The summed E-state index contributed by atoms with van der Waals surface area (Å²) in [5.74, 6) is -1.28. The quantitative estimate of drug-likeness (QED) is 0.478. The van der Waals surface area contributed by atoms with E-state index in [1.54, 1.807) is 27.7 Å². The van der Waals surface area contributed by atoms with Crippen LogP contribution in [0.15, 0.2) is 40.1 Å². The molecule has 0 unspecified atom stereocenters. The molecule has 1 aliphatic heterocycles. The van der Waals surface area contributed by atoms with Gasteiger partial charge in [-0.15, -0.1) is 0 Å². The molecule has 7 nitrogen and oxygen atoms in total. The number of rotatable bonds is 2. The molecule has 7 heteroatoms. The molecule has 0 saturated heterocycles. The van der Waals surface area contributed by atoms with E-state index in [1.165, 1.54) is 6.26 Å². The van der Waals surface area contributed by atoms with Gasteiger partial charge in [-0.05, 0) is 31.9 Å². The molecule has 0 bridgehead atoms. The standard InChI is InChI=1S/C27H39NO6/c1-16-9-8-10-17(2)25(31)19(4)26(32)27(6,7)23(29)14-24(30)34-22(12-11-16)18(3)13-21-15-33-20(5)28-21/h8,10-11,13,15,17,19,22-23,25,29,31H,9,12,14H2,1-7H3/t17-,19+,22-,23-,25-/m0/s1. The van der Waals surface area contributed by atoms with Gasteiger partial charge in [-0.2, -0.15) is 0 Å². The van der Waals surface area contributed by atoms with Crippen LogP contribution in [0.1, 0.15) is 72.4 Å². The molecule has 1 aromatic rings. The van der Waals surface area contributed by atoms with Gasteiger partial charge in [0.05, 0.1) is 24.0 Å². The number of allylic oxidation sites excluding steroid dienone is 2. The predicted molar refractivity (Wildman–Crippen MR) is 131 cm³/mol. The monoisotopic (exact) mass is 473 g/mol. The number of nitrogens with zero attached hydrogens (tertiary/aromatic N) is 1. The van der Waals surface area contributed by atoms with Crippen LogP contribution in [0, 0.1) is 24.2 Å². The van der Waals surface area contributed by atoms with Crippen molar-refractivity contribution in [2.24, 2.45) is 17.3 Å². The van der Waals surface area contributed by atoms with E-state index in [0.29, 0.717) is 24.4 Å². The fourth-order valence-electron chi connectivity index (χ4n) is 4.05. The van der Waals surface area contributed by atoms with Crippen molar-refractivity contribution in [3.63, 3.8) is 0 Å². The topological polar surface area (TPSA) is 110 Å². The van der Waals surface area contributed by atoms with Crippen molar-refractivity contribution in [1.29, 1.82) is 0 Å². The first-order chi connectivity index (χ1) is 15.8. The number of ether oxygens (including phenoxy) is 1. The third-order valence-corrected chi connectivity index (χ3v) is 6.65. The Morgan fingerprint density at radius 2 is 1.88 bits per heavy atom. The van der Waals surface area contributed by atoms with E-state index in [4.69, 9.17) is 9.15 Å². The fraction of sp³-hybridized carbons (Fsp3) is 0.593. The van der Waals surface area contributed by atoms with Crippen LogP contribution in [-0.2, 0) is 14.3 Å². The summed E-state index contributed by atoms with van der Waals surface area (Å²) in [6, 6.07) is 0. The van der Waals surface area contributed by atoms with Crippen molar-refractivity contribution in [2.75, 3.05) is 0 Å². The first kappa shape index (κ1) is 27.7. The molecule has 188 valence electrons. The fourth-order valence-corrected chi connectivity index (χ4v) is 4.05. The number of oxazole rings is 1. The summed E-state index contributed by atoms with van der Waals surface area (Å²) < 4.78 is 11.0. The summed E-state index contributed by atoms with van der Waals surface area (Å²) in [5, 5.41) is 21.5. The zero-order chi connectivity index (χ0) is 25.6. The van der Waals surface area contributed by atoms with Crippen LogP contribution in [0.3, 0.4) is 0 Å². The van der Waals surface area contributed by atoms with E-state index < -0.39 is 35.6 Å². The Bertz CT molecular complexity index is 954. The molecule has 0 amide bonds. The molecule has 0 aliphatic carbocycles. The lowest BCUT2D eigenvalue weighted by molar-refractivity contribution is -0.154. The second-order valence-corrected chi connectivity index (χ2v) is 10.0. The summed E-state index contributed by atoms with van der Waals surface area (Å²) in [4.78, 5) is 30.2. The molecule has 0 spiro atoms. The second kappa shape index (κ2) is 11.8. The van der Waals surface area contributed by atoms with Crippen molar-refractivity contribution in [1.82, 2.24) is 4.98 Å². The third kappa shape index (κ3) is 7.24. The largest absolute Gasteiger partial charge is 0.457 e. The first-order valence-electron chi connectivity index (χ1n) is 11.9. The van der Waals surface area contributed by atoms with Gasteiger partial charge in [0.2, 0.25) is 0 Å². The minimum atomic E-state index is -1.25. The van der Waals surface area contributed by atoms with Crippen LogP contribution in [0.2, 0.25) is 0 Å². The Morgan fingerprint density at radius 1 is 1.21 bits per heavy atom. The van der Waals surface area contributed by atoms with E-state index in [9.17, 15) is 19.8 Å². The van der Waals surface area contributed by atoms with E-state index in [0.717, 1.165) is 11.1 Å². The normalized spacial score (nSPS) is 30.1. The van der Waals surface area contributed by atoms with Crippen molar-refractivity contribution in [3.8, 4) is 0 Å². The van der Waals surface area contributed by atoms with Gasteiger partial charge in [-0.1, -0.05) is 51.5 Å². The molecule has 2 N–H and O–H groups in total. The Labute approximate surface area is 202 Å². The van der Waals surface area contributed by atoms with Crippen molar-refractivity contribution in [3.05, 3.63) is 47.2 Å². The number of aliphatic hydroxyl groups is 2. The number of Topliss-reactive ketones (excluding diaryl/α,β-unsaturated/α-hetero) is 1. The molecule has 5 atom stereocenters. The lowest BCUT2D eigenvalue weighted by Gasteiger charge is -2.34. The number of hydrogen-bond acceptors (Lipinski definition) is 7. The molecular weight excluding hydrogens is 434 g/mol. The Hall–Kier alpha value is -2.51. The maximum atomic E-state index is 13.1. The molecule has 0 radical (unpaired) electrons. The minimum absolute atomic E-state index is 0.235. The summed E-state index contributed by atoms with van der Waals surface area (Å²) in [6.45, 7) is 12.3. The van der Waals surface area contributed by atoms with Crippen molar-refractivity contribution in [2.45, 2.75) is 86.0 Å². The zero-order valence-corrected chi connectivity index (χ0v) is 21.4. The van der Waals surface area contributed by atoms with E-state index in [-0.39, 0.29) is 18.1 Å². The molecular formula is C27H39NO6. The number of cyclic esters (lactones) is 1. The number of carbonyl (C=O) groups is 2. The van der Waals surface area contributed by atoms with E-state index in [2.05, 4.69) is 4.98 Å². The summed E-state index contributed by atoms with van der Waals surface area (Å²) in [7, 11) is 0. The number of aryl methyl sites for hydroxylation is 1. The van der Waals surface area contributed by atoms with Gasteiger partial charge in [-0.3, -0.25) is 9.59 Å². The summed E-state index contributed by atoms with van der Waals surface area (Å²) in [6.07, 6.45) is 7.37. The molecule has 1 aliphatic rings. The zero-order valence-electron chi connectivity index (χ0n) is 21.4. The first-order valence-corrected chi connectivity index (χ1v) is 11.9. The highest BCUT2D eigenvalue weighted by Crippen LogP contribution is 2.31. The molecule has 0 saturated carbocycles. The maximum Gasteiger partial charge on any atom is 0.309 e. The third-order valence-electron chi connectivity index (χ3n) is 6.65. The van der Waals surface area contributed by atoms with Crippen LogP contribution in [0.25, 0.3) is 6.08 Å². The number of aromatic nitrogens is 1. The van der Waals surface area contributed by atoms with Crippen LogP contribution >= 0.6 is 0 Å². The van der Waals surface area contributed by atoms with Gasteiger partial charge in [0.15, 0.2) is 5.89 Å². The summed E-state index contributed by atoms with van der Waals surface area (Å²) in [5.41, 5.74) is 1.28. The average Bonchev–Trinajstić information content (AvgIpc) is 3.18. The lowest BCUT2D eigenvalue weighted by Crippen LogP contribution is -2.45. The highest BCUT2D eigenvalue weighted by atomic mass is 16.5. The maximum absolute atomic E-state index is 13.1. The Morgan fingerprint density at radius 3 is 2.50 bits per heavy atom. The van der Waals surface area contributed by atoms with Gasteiger partial charge in [0.1, 0.15) is 23.8 Å². The van der Waals surface area contributed by atoms with Gasteiger partial charge < -0.3 is 19.4 Å². The average molecular weight is 474 g/mol. The molecule has 2 heterocycles. The van der Waals surface area contributed by atoms with Gasteiger partial charge in [0.25, 0.3) is 0 Å². The van der Waals surface area contributed by atoms with Crippen LogP contribution in [-0.4, -0.2) is 45.3 Å². The SMILES string of the molecule is CC1=CC[C@@H](C(C)=Cc2coc(C)n2)OC(=O)C[C@H](O)C(C)(C)C(=O)[C@H](C)[C@@H](O)[C@@H](C)C=CC1. The highest BCUT2D eigenvalue weighted by molar-refractivity contribution is 5.88. The smallest absolute Gasteiger partial charge is 0.309 e. The number of hydrogen-bond donors (Lipinski definition) is 2. The molecule has 34 heavy (non-hydrogen) atoms.